The summed E-state index contributed by atoms with van der Waals surface area (Å²) in [5, 5.41) is 0. The van der Waals surface area contributed by atoms with E-state index < -0.39 is 26.5 Å². The fraction of sp³-hybridized carbons (Fsp3) is 0.681. The van der Waals surface area contributed by atoms with Crippen molar-refractivity contribution in [2.45, 2.75) is 367 Å². The Morgan fingerprint density at radius 1 is 0.308 bits per heavy atom. The smallest absolute Gasteiger partial charge is 0.462 e. The Balaban J connectivity index is 4.03. The number of hydrogen-bond acceptors (Lipinski definition) is 7. The number of carbonyl (C=O) groups is 2. The first-order chi connectivity index (χ1) is 51.0. The summed E-state index contributed by atoms with van der Waals surface area (Å²) in [6, 6.07) is 0. The minimum Gasteiger partial charge on any atom is -0.462 e. The number of hydrogen-bond donors (Lipinski definition) is 1. The van der Waals surface area contributed by atoms with Gasteiger partial charge in [0.15, 0.2) is 6.10 Å². The second-order valence-electron chi connectivity index (χ2n) is 29.5. The number of unbranched alkanes of at least 4 members (excludes halogenated alkanes) is 36. The van der Waals surface area contributed by atoms with Crippen LogP contribution in [0.5, 0.6) is 0 Å². The Morgan fingerprint density at radius 2 is 0.548 bits per heavy atom. The summed E-state index contributed by atoms with van der Waals surface area (Å²) in [7, 11) is 1.45. The number of nitrogens with zero attached hydrogens (tertiary/aromatic N) is 1. The monoisotopic (exact) mass is 1460 g/mol. The molecule has 2 unspecified atom stereocenters. The molecule has 0 bridgehead atoms. The Kier molecular flexibility index (Phi) is 78.8. The van der Waals surface area contributed by atoms with Crippen LogP contribution in [0.4, 0.5) is 0 Å². The van der Waals surface area contributed by atoms with Crippen molar-refractivity contribution in [2.24, 2.45) is 0 Å². The van der Waals surface area contributed by atoms with Crippen LogP contribution >= 0.6 is 7.82 Å². The van der Waals surface area contributed by atoms with E-state index >= 15 is 0 Å². The Labute approximate surface area is 642 Å². The lowest BCUT2D eigenvalue weighted by molar-refractivity contribution is -0.870. The van der Waals surface area contributed by atoms with Crippen molar-refractivity contribution in [3.63, 3.8) is 0 Å². The molecular formula is C94H161NO8P+. The summed E-state index contributed by atoms with van der Waals surface area (Å²) < 4.78 is 34.8. The summed E-state index contributed by atoms with van der Waals surface area (Å²) >= 11 is 0. The highest BCUT2D eigenvalue weighted by molar-refractivity contribution is 7.47. The van der Waals surface area contributed by atoms with E-state index in [-0.39, 0.29) is 32.0 Å². The van der Waals surface area contributed by atoms with Gasteiger partial charge >= 0.3 is 19.8 Å². The van der Waals surface area contributed by atoms with E-state index in [9.17, 15) is 19.0 Å². The van der Waals surface area contributed by atoms with Crippen molar-refractivity contribution in [3.8, 4) is 0 Å². The normalized spacial score (nSPS) is 13.9. The molecule has 0 spiro atoms. The number of likely N-dealkylation sites (N-methyl/N-ethyl adjacent to an activating group) is 1. The number of allylic oxidation sites excluding steroid dienone is 28. The molecule has 0 aromatic heterocycles. The first-order valence-corrected chi connectivity index (χ1v) is 44.4. The number of esters is 2. The third-order valence-electron chi connectivity index (χ3n) is 18.2. The van der Waals surface area contributed by atoms with Crippen LogP contribution in [0.3, 0.4) is 0 Å². The van der Waals surface area contributed by atoms with Gasteiger partial charge in [-0.1, -0.05) is 383 Å². The Morgan fingerprint density at radius 3 is 0.817 bits per heavy atom. The average Bonchev–Trinajstić information content (AvgIpc) is 0.920. The maximum Gasteiger partial charge on any atom is 0.472 e. The minimum absolute atomic E-state index is 0.0197. The van der Waals surface area contributed by atoms with Gasteiger partial charge in [-0.05, 0) is 135 Å². The van der Waals surface area contributed by atoms with E-state index in [0.717, 1.165) is 128 Å². The fourth-order valence-corrected chi connectivity index (χ4v) is 12.5. The van der Waals surface area contributed by atoms with Gasteiger partial charge in [-0.15, -0.1) is 0 Å². The molecule has 0 aromatic rings. The zero-order valence-corrected chi connectivity index (χ0v) is 68.8. The van der Waals surface area contributed by atoms with Crippen molar-refractivity contribution in [3.05, 3.63) is 170 Å². The molecule has 0 aliphatic rings. The highest BCUT2D eigenvalue weighted by atomic mass is 31.2. The number of ether oxygens (including phenoxy) is 2. The van der Waals surface area contributed by atoms with Crippen LogP contribution in [-0.2, 0) is 32.7 Å². The molecule has 0 saturated heterocycles. The van der Waals surface area contributed by atoms with Crippen molar-refractivity contribution < 1.29 is 42.1 Å². The molecule has 0 rings (SSSR count). The number of carbonyl (C=O) groups excluding carboxylic acids is 2. The molecule has 2 atom stereocenters. The van der Waals surface area contributed by atoms with Crippen molar-refractivity contribution >= 4 is 19.8 Å². The maximum atomic E-state index is 12.9. The maximum absolute atomic E-state index is 12.9. The van der Waals surface area contributed by atoms with Crippen LogP contribution < -0.4 is 0 Å². The topological polar surface area (TPSA) is 108 Å². The molecule has 10 heteroatoms. The van der Waals surface area contributed by atoms with Gasteiger partial charge in [0, 0.05) is 12.8 Å². The molecular weight excluding hydrogens is 1300 g/mol. The van der Waals surface area contributed by atoms with Gasteiger partial charge in [0.05, 0.1) is 27.7 Å². The lowest BCUT2D eigenvalue weighted by atomic mass is 10.0. The van der Waals surface area contributed by atoms with E-state index in [4.69, 9.17) is 18.5 Å². The van der Waals surface area contributed by atoms with Gasteiger partial charge in [-0.3, -0.25) is 18.6 Å². The quantitative estimate of drug-likeness (QED) is 0.0211. The second-order valence-corrected chi connectivity index (χ2v) is 30.9. The van der Waals surface area contributed by atoms with E-state index in [0.29, 0.717) is 17.4 Å². The fourth-order valence-electron chi connectivity index (χ4n) is 11.7. The molecule has 0 aliphatic heterocycles. The summed E-state index contributed by atoms with van der Waals surface area (Å²) in [5.74, 6) is -0.824. The minimum atomic E-state index is -4.42. The second kappa shape index (κ2) is 82.4. The van der Waals surface area contributed by atoms with Gasteiger partial charge in [-0.2, -0.15) is 0 Å². The van der Waals surface area contributed by atoms with Crippen LogP contribution in [0, 0.1) is 0 Å². The number of phosphoric acid groups is 1. The Hall–Kier alpha value is -4.63. The molecule has 0 heterocycles. The molecule has 0 amide bonds. The first-order valence-electron chi connectivity index (χ1n) is 42.9. The molecule has 0 aromatic carbocycles. The van der Waals surface area contributed by atoms with Gasteiger partial charge < -0.3 is 18.9 Å². The third-order valence-corrected chi connectivity index (χ3v) is 19.2. The van der Waals surface area contributed by atoms with Crippen molar-refractivity contribution in [2.75, 3.05) is 47.5 Å². The SMILES string of the molecule is CC/C=C\C/C=C\C/C=C\C/C=C\C/C=C\C/C=C\C/C=C\C/C=C\C/C=C\C/C=C\C/C=C\C/C=C\CCCCCCC(=O)OC(COC(=O)CCCCCCCCCCCCCCCCCCCCCCCCCCCCC/C=C\C/C=C\CCCCCCC)COP(=O)(O)OCC[N+](C)(C)C. The standard InChI is InChI=1S/C94H160NO8P/c1-6-8-10-12-14-16-18-20-22-24-26-28-30-32-34-36-38-40-42-44-46-47-49-51-53-55-57-59-61-63-65-67-69-71-73-75-77-79-81-83-85-87-94(97)103-92(91-102-104(98,99)101-89-88-95(3,4)5)90-100-93(96)86-84-82-80-78-76-74-72-70-68-66-64-62-60-58-56-54-52-50-48-45-43-41-39-37-35-33-31-29-27-25-23-21-19-17-15-13-11-9-7-2/h8,10,14,16,19-22,25-28,32,34,38,40,44,46,49,51,55,57,61,63,67,69,73,75,92H,6-7,9,11-13,15,17-18,23-24,29-31,33,35-37,39,41-43,45,47-48,50,52-54,56,58-60,62,64-66,68,70-72,74,76-91H2,1-5H3/p+1/b10-8-,16-14-,21-19-,22-20-,27-25-,28-26-,34-32-,40-38-,46-44-,51-49-,57-55-,63-61-,69-67-,75-73-. The van der Waals surface area contributed by atoms with Crippen LogP contribution in [-0.4, -0.2) is 74.9 Å². The lowest BCUT2D eigenvalue weighted by Gasteiger charge is -2.24. The van der Waals surface area contributed by atoms with E-state index in [2.05, 4.69) is 184 Å². The van der Waals surface area contributed by atoms with E-state index in [1.54, 1.807) is 0 Å². The molecule has 1 N–H and O–H groups in total. The summed E-state index contributed by atoms with van der Waals surface area (Å²) in [4.78, 5) is 36.0. The highest BCUT2D eigenvalue weighted by Gasteiger charge is 2.27. The summed E-state index contributed by atoms with van der Waals surface area (Å²) in [5.41, 5.74) is 0. The largest absolute Gasteiger partial charge is 0.472 e. The third kappa shape index (κ3) is 86.3. The van der Waals surface area contributed by atoms with Gasteiger partial charge in [0.1, 0.15) is 19.8 Å². The summed E-state index contributed by atoms with van der Waals surface area (Å²) in [6.45, 7) is 4.30. The van der Waals surface area contributed by atoms with Crippen LogP contribution in [0.2, 0.25) is 0 Å². The molecule has 9 nitrogen and oxygen atoms in total. The Bertz CT molecular complexity index is 2370. The van der Waals surface area contributed by atoms with Gasteiger partial charge in [0.2, 0.25) is 0 Å². The number of phosphoric ester groups is 1. The van der Waals surface area contributed by atoms with Crippen molar-refractivity contribution in [1.29, 1.82) is 0 Å². The van der Waals surface area contributed by atoms with E-state index in [1.807, 2.05) is 21.1 Å². The molecule has 0 saturated carbocycles. The molecule has 104 heavy (non-hydrogen) atoms. The summed E-state index contributed by atoms with van der Waals surface area (Å²) in [6.07, 6.45) is 125. The highest BCUT2D eigenvalue weighted by Crippen LogP contribution is 2.43. The van der Waals surface area contributed by atoms with E-state index in [1.165, 1.54) is 199 Å². The molecule has 594 valence electrons. The zero-order chi connectivity index (χ0) is 75.4. The van der Waals surface area contributed by atoms with Crippen LogP contribution in [0.25, 0.3) is 0 Å². The number of quaternary nitrogens is 1. The van der Waals surface area contributed by atoms with Crippen LogP contribution in [0.1, 0.15) is 361 Å². The predicted octanol–water partition coefficient (Wildman–Crippen LogP) is 29.2. The van der Waals surface area contributed by atoms with Crippen LogP contribution in [0.15, 0.2) is 170 Å². The van der Waals surface area contributed by atoms with Gasteiger partial charge in [-0.25, -0.2) is 4.57 Å². The predicted molar refractivity (Wildman–Crippen MR) is 454 cm³/mol. The average molecular weight is 1460 g/mol. The molecule has 0 aliphatic carbocycles. The van der Waals surface area contributed by atoms with Gasteiger partial charge in [0.25, 0.3) is 0 Å². The lowest BCUT2D eigenvalue weighted by Crippen LogP contribution is -2.37. The van der Waals surface area contributed by atoms with Crippen molar-refractivity contribution in [1.82, 2.24) is 0 Å². The molecule has 0 radical (unpaired) electrons. The first kappa shape index (κ1) is 99.4. The zero-order valence-electron chi connectivity index (χ0n) is 68.0. The number of rotatable bonds is 78. The molecule has 0 fully saturated rings.